The summed E-state index contributed by atoms with van der Waals surface area (Å²) in [4.78, 5) is 0. The van der Waals surface area contributed by atoms with E-state index in [2.05, 4.69) is 0 Å². The van der Waals surface area contributed by atoms with Gasteiger partial charge >= 0.3 is 0 Å². The van der Waals surface area contributed by atoms with Gasteiger partial charge in [-0.15, -0.1) is 0 Å². The van der Waals surface area contributed by atoms with E-state index in [0.29, 0.717) is 12.3 Å². The van der Waals surface area contributed by atoms with Crippen LogP contribution < -0.4 is 5.73 Å². The van der Waals surface area contributed by atoms with E-state index in [1.165, 1.54) is 32.1 Å². The Morgan fingerprint density at radius 3 is 2.47 bits per heavy atom. The van der Waals surface area contributed by atoms with E-state index in [1.807, 2.05) is 0 Å². The summed E-state index contributed by atoms with van der Waals surface area (Å²) in [6.45, 7) is 0. The van der Waals surface area contributed by atoms with Crippen molar-refractivity contribution in [3.63, 3.8) is 0 Å². The van der Waals surface area contributed by atoms with Gasteiger partial charge in [0.2, 0.25) is 0 Å². The summed E-state index contributed by atoms with van der Waals surface area (Å²) in [5, 5.41) is 0. The van der Waals surface area contributed by atoms with E-state index in [4.69, 9.17) is 5.73 Å². The van der Waals surface area contributed by atoms with Crippen molar-refractivity contribution >= 4 is 0 Å². The average molecular weight is 213 g/mol. The standard InChI is InChI=1S/C13H24FN/c14-13(8-4-7-12(15)10-13)9-11-5-2-1-3-6-11/h11-12H,1-10,15H2. The third-order valence-electron chi connectivity index (χ3n) is 4.21. The monoisotopic (exact) mass is 213 g/mol. The molecule has 0 saturated heterocycles. The Hall–Kier alpha value is -0.110. The quantitative estimate of drug-likeness (QED) is 0.745. The van der Waals surface area contributed by atoms with Gasteiger partial charge in [0.05, 0.1) is 0 Å². The molecule has 0 spiro atoms. The number of alkyl halides is 1. The Balaban J connectivity index is 1.85. The van der Waals surface area contributed by atoms with Crippen LogP contribution in [0.3, 0.4) is 0 Å². The van der Waals surface area contributed by atoms with Crippen molar-refractivity contribution in [1.29, 1.82) is 0 Å². The normalized spacial score (nSPS) is 39.2. The van der Waals surface area contributed by atoms with E-state index in [9.17, 15) is 4.39 Å². The summed E-state index contributed by atoms with van der Waals surface area (Å²) in [7, 11) is 0. The minimum Gasteiger partial charge on any atom is -0.328 e. The number of halogens is 1. The van der Waals surface area contributed by atoms with Crippen LogP contribution in [0.15, 0.2) is 0 Å². The van der Waals surface area contributed by atoms with E-state index in [0.717, 1.165) is 25.7 Å². The third-order valence-corrected chi connectivity index (χ3v) is 4.21. The Bertz CT molecular complexity index is 201. The third kappa shape index (κ3) is 3.17. The summed E-state index contributed by atoms with van der Waals surface area (Å²) in [6, 6.07) is 0.118. The number of hydrogen-bond acceptors (Lipinski definition) is 1. The molecule has 88 valence electrons. The van der Waals surface area contributed by atoms with Crippen LogP contribution in [-0.4, -0.2) is 11.7 Å². The Morgan fingerprint density at radius 1 is 1.07 bits per heavy atom. The fourth-order valence-corrected chi connectivity index (χ4v) is 3.45. The van der Waals surface area contributed by atoms with Crippen LogP contribution >= 0.6 is 0 Å². The van der Waals surface area contributed by atoms with Gasteiger partial charge in [0, 0.05) is 6.04 Å². The molecule has 2 aliphatic rings. The molecule has 0 aromatic rings. The van der Waals surface area contributed by atoms with E-state index >= 15 is 0 Å². The lowest BCUT2D eigenvalue weighted by Crippen LogP contribution is -2.39. The number of nitrogens with two attached hydrogens (primary N) is 1. The molecule has 0 heterocycles. The van der Waals surface area contributed by atoms with Crippen LogP contribution in [0.5, 0.6) is 0 Å². The molecule has 2 fully saturated rings. The maximum absolute atomic E-state index is 14.5. The molecule has 0 radical (unpaired) electrons. The average Bonchev–Trinajstić information content (AvgIpc) is 2.18. The summed E-state index contributed by atoms with van der Waals surface area (Å²) in [6.07, 6.45) is 10.7. The summed E-state index contributed by atoms with van der Waals surface area (Å²) >= 11 is 0. The van der Waals surface area contributed by atoms with Gasteiger partial charge in [-0.1, -0.05) is 32.1 Å². The van der Waals surface area contributed by atoms with Crippen molar-refractivity contribution in [3.8, 4) is 0 Å². The molecule has 2 N–H and O–H groups in total. The van der Waals surface area contributed by atoms with E-state index < -0.39 is 5.67 Å². The van der Waals surface area contributed by atoms with Gasteiger partial charge in [0.25, 0.3) is 0 Å². The maximum Gasteiger partial charge on any atom is 0.112 e. The topological polar surface area (TPSA) is 26.0 Å². The predicted octanol–water partition coefficient (Wildman–Crippen LogP) is 3.57. The zero-order chi connectivity index (χ0) is 10.7. The highest BCUT2D eigenvalue weighted by Gasteiger charge is 2.37. The molecule has 15 heavy (non-hydrogen) atoms. The molecule has 2 atom stereocenters. The molecule has 0 aliphatic heterocycles. The maximum atomic E-state index is 14.5. The van der Waals surface area contributed by atoms with Gasteiger partial charge in [-0.25, -0.2) is 4.39 Å². The first-order chi connectivity index (χ1) is 7.18. The molecular weight excluding hydrogens is 189 g/mol. The first-order valence-electron chi connectivity index (χ1n) is 6.62. The van der Waals surface area contributed by atoms with Crippen molar-refractivity contribution in [3.05, 3.63) is 0 Å². The number of rotatable bonds is 2. The highest BCUT2D eigenvalue weighted by Crippen LogP contribution is 2.40. The van der Waals surface area contributed by atoms with E-state index in [1.54, 1.807) is 0 Å². The summed E-state index contributed by atoms with van der Waals surface area (Å²) in [5.74, 6) is 0.647. The molecule has 2 rings (SSSR count). The van der Waals surface area contributed by atoms with Gasteiger partial charge < -0.3 is 5.73 Å². The SMILES string of the molecule is NC1CCCC(F)(CC2CCCCC2)C1. The smallest absolute Gasteiger partial charge is 0.112 e. The minimum atomic E-state index is -0.917. The molecule has 2 saturated carbocycles. The Kier molecular flexibility index (Phi) is 3.65. The van der Waals surface area contributed by atoms with Crippen LogP contribution in [0.1, 0.15) is 64.2 Å². The van der Waals surface area contributed by atoms with Crippen LogP contribution in [0.2, 0.25) is 0 Å². The van der Waals surface area contributed by atoms with Crippen molar-refractivity contribution in [2.24, 2.45) is 11.7 Å². The van der Waals surface area contributed by atoms with Crippen molar-refractivity contribution in [1.82, 2.24) is 0 Å². The van der Waals surface area contributed by atoms with Gasteiger partial charge in [-0.3, -0.25) is 0 Å². The Labute approximate surface area is 92.6 Å². The van der Waals surface area contributed by atoms with Crippen molar-refractivity contribution in [2.45, 2.75) is 75.9 Å². The second-order valence-electron chi connectivity index (χ2n) is 5.72. The minimum absolute atomic E-state index is 0.118. The van der Waals surface area contributed by atoms with Gasteiger partial charge in [0.15, 0.2) is 0 Å². The van der Waals surface area contributed by atoms with Crippen LogP contribution in [0.25, 0.3) is 0 Å². The largest absolute Gasteiger partial charge is 0.328 e. The highest BCUT2D eigenvalue weighted by atomic mass is 19.1. The van der Waals surface area contributed by atoms with Gasteiger partial charge in [-0.05, 0) is 38.0 Å². The second-order valence-corrected chi connectivity index (χ2v) is 5.72. The first kappa shape index (κ1) is 11.4. The summed E-state index contributed by atoms with van der Waals surface area (Å²) in [5.41, 5.74) is 4.96. The molecule has 2 aliphatic carbocycles. The molecule has 0 aromatic heterocycles. The van der Waals surface area contributed by atoms with Crippen molar-refractivity contribution < 1.29 is 4.39 Å². The molecule has 2 heteroatoms. The lowest BCUT2D eigenvalue weighted by molar-refractivity contribution is 0.0589. The molecule has 0 amide bonds. The lowest BCUT2D eigenvalue weighted by atomic mass is 9.74. The predicted molar refractivity (Wildman–Crippen MR) is 61.5 cm³/mol. The van der Waals surface area contributed by atoms with Crippen LogP contribution in [-0.2, 0) is 0 Å². The molecular formula is C13H24FN. The highest BCUT2D eigenvalue weighted by molar-refractivity contribution is 4.90. The Morgan fingerprint density at radius 2 is 1.80 bits per heavy atom. The molecule has 0 aromatic carbocycles. The first-order valence-corrected chi connectivity index (χ1v) is 6.62. The summed E-state index contributed by atoms with van der Waals surface area (Å²) < 4.78 is 14.5. The van der Waals surface area contributed by atoms with Gasteiger partial charge in [-0.2, -0.15) is 0 Å². The van der Waals surface area contributed by atoms with E-state index in [-0.39, 0.29) is 6.04 Å². The van der Waals surface area contributed by atoms with Crippen LogP contribution in [0.4, 0.5) is 4.39 Å². The van der Waals surface area contributed by atoms with Crippen LogP contribution in [0, 0.1) is 5.92 Å². The molecule has 0 bridgehead atoms. The number of hydrogen-bond donors (Lipinski definition) is 1. The zero-order valence-corrected chi connectivity index (χ0v) is 9.68. The molecule has 2 unspecified atom stereocenters. The van der Waals surface area contributed by atoms with Crippen molar-refractivity contribution in [2.75, 3.05) is 0 Å². The fourth-order valence-electron chi connectivity index (χ4n) is 3.45. The zero-order valence-electron chi connectivity index (χ0n) is 9.68. The lowest BCUT2D eigenvalue weighted by Gasteiger charge is -2.36. The molecule has 1 nitrogen and oxygen atoms in total. The second kappa shape index (κ2) is 4.82. The fraction of sp³-hybridized carbons (Fsp3) is 1.00. The van der Waals surface area contributed by atoms with Gasteiger partial charge in [0.1, 0.15) is 5.67 Å².